The molecule has 5 rings (SSSR count). The summed E-state index contributed by atoms with van der Waals surface area (Å²) in [5.41, 5.74) is -1.28. The van der Waals surface area contributed by atoms with Crippen molar-refractivity contribution in [2.45, 2.75) is 89.2 Å². The highest BCUT2D eigenvalue weighted by atomic mass is 32.2. The molecule has 1 saturated carbocycles. The van der Waals surface area contributed by atoms with Crippen LogP contribution in [-0.4, -0.2) is 37.7 Å². The fourth-order valence-corrected chi connectivity index (χ4v) is 6.84. The summed E-state index contributed by atoms with van der Waals surface area (Å²) >= 11 is -1.64. The lowest BCUT2D eigenvalue weighted by Crippen LogP contribution is -2.52. The maximum Gasteiger partial charge on any atom is 0.435 e. The lowest BCUT2D eigenvalue weighted by atomic mass is 9.79. The first kappa shape index (κ1) is 41.3. The quantitative estimate of drug-likeness (QED) is 0.0622. The van der Waals surface area contributed by atoms with Gasteiger partial charge in [-0.15, -0.1) is 4.72 Å². The summed E-state index contributed by atoms with van der Waals surface area (Å²) in [7, 11) is 0. The fraction of sp³-hybridized carbons (Fsp3) is 0.400. The predicted octanol–water partition coefficient (Wildman–Crippen LogP) is 8.67. The van der Waals surface area contributed by atoms with E-state index in [0.29, 0.717) is 47.1 Å². The molecule has 1 heterocycles. The van der Waals surface area contributed by atoms with Gasteiger partial charge in [-0.1, -0.05) is 56.5 Å². The minimum atomic E-state index is -4.91. The van der Waals surface area contributed by atoms with Gasteiger partial charge in [0.15, 0.2) is 5.69 Å². The summed E-state index contributed by atoms with van der Waals surface area (Å²) in [5, 5.41) is 18.2. The SMILES string of the molecule is CCCCOC(=O)NCc1cccc(-n2nc(C(F)(F)F)cc2C(=O)Nc2cc(C(CCC3CC3)(N[S+]([O-])C(C)(C)C)c3ccc(C#N)cc3)ccc2F)c1. The standard InChI is InChI=1S/C40H44F4N6O4S/c1-5-6-20-54-37(52)46-25-28-8-7-9-31(21-28)50-34(23-35(48-50)40(42,43)44)36(51)47-33-22-30(16-17-32(33)41)39(19-18-26-10-11-26,49-55(53)38(2,3)4)29-14-12-27(24-45)13-15-29/h7-9,12-17,21-23,26,49H,5-6,10-11,18-20,25H2,1-4H3,(H,46,52)(H,47,51). The number of nitrogens with zero attached hydrogens (tertiary/aromatic N) is 3. The molecule has 0 aliphatic heterocycles. The van der Waals surface area contributed by atoms with Crippen LogP contribution in [0, 0.1) is 23.1 Å². The Labute approximate surface area is 321 Å². The van der Waals surface area contributed by atoms with Crippen molar-refractivity contribution < 1.29 is 36.4 Å². The largest absolute Gasteiger partial charge is 0.598 e. The highest BCUT2D eigenvalue weighted by Crippen LogP contribution is 2.43. The molecule has 0 spiro atoms. The second kappa shape index (κ2) is 17.3. The van der Waals surface area contributed by atoms with Gasteiger partial charge in [0.05, 0.1) is 29.6 Å². The molecule has 4 aromatic rings. The first-order valence-corrected chi connectivity index (χ1v) is 19.2. The van der Waals surface area contributed by atoms with Gasteiger partial charge in [-0.2, -0.15) is 23.5 Å². The van der Waals surface area contributed by atoms with E-state index in [0.717, 1.165) is 36.4 Å². The number of halogens is 4. The Morgan fingerprint density at radius 1 is 1.04 bits per heavy atom. The van der Waals surface area contributed by atoms with E-state index in [9.17, 15) is 32.6 Å². The highest BCUT2D eigenvalue weighted by Gasteiger charge is 2.44. The molecule has 3 N–H and O–H groups in total. The molecule has 15 heteroatoms. The monoisotopic (exact) mass is 780 g/mol. The van der Waals surface area contributed by atoms with Crippen molar-refractivity contribution in [1.82, 2.24) is 19.8 Å². The summed E-state index contributed by atoms with van der Waals surface area (Å²) in [6.45, 7) is 7.60. The van der Waals surface area contributed by atoms with Crippen molar-refractivity contribution >= 4 is 29.0 Å². The number of amides is 2. The molecule has 55 heavy (non-hydrogen) atoms. The molecular formula is C40H44F4N6O4S. The maximum atomic E-state index is 15.7. The molecule has 10 nitrogen and oxygen atoms in total. The van der Waals surface area contributed by atoms with E-state index in [2.05, 4.69) is 26.5 Å². The van der Waals surface area contributed by atoms with Crippen molar-refractivity contribution in [2.75, 3.05) is 11.9 Å². The molecule has 2 amide bonds. The molecule has 292 valence electrons. The Balaban J connectivity index is 1.52. The van der Waals surface area contributed by atoms with Crippen LogP contribution in [0.15, 0.2) is 72.8 Å². The zero-order valence-corrected chi connectivity index (χ0v) is 31.9. The Morgan fingerprint density at radius 3 is 2.38 bits per heavy atom. The van der Waals surface area contributed by atoms with Crippen molar-refractivity contribution in [2.24, 2.45) is 5.92 Å². The number of hydrogen-bond donors (Lipinski definition) is 3. The normalized spacial score (nSPS) is 14.8. The van der Waals surface area contributed by atoms with E-state index in [4.69, 9.17) is 4.74 Å². The van der Waals surface area contributed by atoms with Crippen LogP contribution in [-0.2, 0) is 34.4 Å². The number of alkyl carbamates (subject to hydrolysis) is 1. The van der Waals surface area contributed by atoms with Gasteiger partial charge in [0.2, 0.25) is 0 Å². The minimum absolute atomic E-state index is 0.0124. The number of anilines is 1. The molecule has 2 unspecified atom stereocenters. The number of nitriles is 1. The number of unbranched alkanes of at least 4 members (excludes halogenated alkanes) is 1. The summed E-state index contributed by atoms with van der Waals surface area (Å²) in [6.07, 6.45) is -0.791. The van der Waals surface area contributed by atoms with Crippen LogP contribution in [0.4, 0.5) is 28.0 Å². The number of nitrogens with one attached hydrogen (secondary N) is 3. The molecule has 0 saturated heterocycles. The zero-order valence-electron chi connectivity index (χ0n) is 31.1. The number of rotatable bonds is 15. The van der Waals surface area contributed by atoms with E-state index in [1.165, 1.54) is 30.3 Å². The number of aromatic nitrogens is 2. The van der Waals surface area contributed by atoms with E-state index in [-0.39, 0.29) is 24.5 Å². The predicted molar refractivity (Wildman–Crippen MR) is 201 cm³/mol. The first-order chi connectivity index (χ1) is 26.0. The minimum Gasteiger partial charge on any atom is -0.598 e. The van der Waals surface area contributed by atoms with Crippen LogP contribution < -0.4 is 15.4 Å². The number of carbonyl (C=O) groups excluding carboxylic acids is 2. The van der Waals surface area contributed by atoms with Gasteiger partial charge < -0.3 is 19.9 Å². The molecule has 2 atom stereocenters. The van der Waals surface area contributed by atoms with E-state index in [1.807, 2.05) is 27.7 Å². The average molecular weight is 781 g/mol. The van der Waals surface area contributed by atoms with Crippen molar-refractivity contribution in [3.05, 3.63) is 112 Å². The van der Waals surface area contributed by atoms with Crippen LogP contribution in [0.5, 0.6) is 0 Å². The lowest BCUT2D eigenvalue weighted by molar-refractivity contribution is -0.141. The number of alkyl halides is 3. The first-order valence-electron chi connectivity index (χ1n) is 18.0. The Morgan fingerprint density at radius 2 is 1.75 bits per heavy atom. The molecule has 1 aromatic heterocycles. The molecule has 1 aliphatic carbocycles. The van der Waals surface area contributed by atoms with Gasteiger partial charge in [0.1, 0.15) is 21.8 Å². The Kier molecular flexibility index (Phi) is 13.0. The summed E-state index contributed by atoms with van der Waals surface area (Å²) in [6, 6.07) is 19.6. The van der Waals surface area contributed by atoms with Gasteiger partial charge in [-0.05, 0) is 99.0 Å². The van der Waals surface area contributed by atoms with Crippen molar-refractivity contribution in [3.8, 4) is 11.8 Å². The van der Waals surface area contributed by atoms with E-state index < -0.39 is 57.0 Å². The second-order valence-corrected chi connectivity index (χ2v) is 16.5. The third-order valence-corrected chi connectivity index (χ3v) is 10.9. The highest BCUT2D eigenvalue weighted by molar-refractivity contribution is 7.90. The van der Waals surface area contributed by atoms with Gasteiger partial charge in [-0.25, -0.2) is 13.9 Å². The average Bonchev–Trinajstić information content (AvgIpc) is 3.86. The van der Waals surface area contributed by atoms with Gasteiger partial charge in [0.25, 0.3) is 5.91 Å². The van der Waals surface area contributed by atoms with E-state index >= 15 is 4.39 Å². The van der Waals surface area contributed by atoms with Crippen LogP contribution in [0.2, 0.25) is 0 Å². The van der Waals surface area contributed by atoms with Crippen LogP contribution in [0.25, 0.3) is 5.69 Å². The number of ether oxygens (including phenoxy) is 1. The smallest absolute Gasteiger partial charge is 0.435 e. The van der Waals surface area contributed by atoms with Crippen LogP contribution >= 0.6 is 0 Å². The summed E-state index contributed by atoms with van der Waals surface area (Å²) < 4.78 is 80.0. The summed E-state index contributed by atoms with van der Waals surface area (Å²) in [5.74, 6) is -1.49. The summed E-state index contributed by atoms with van der Waals surface area (Å²) in [4.78, 5) is 26.0. The van der Waals surface area contributed by atoms with Gasteiger partial charge in [0, 0.05) is 24.0 Å². The van der Waals surface area contributed by atoms with Gasteiger partial charge >= 0.3 is 12.3 Å². The fourth-order valence-electron chi connectivity index (χ4n) is 5.88. The van der Waals surface area contributed by atoms with E-state index in [1.54, 1.807) is 30.3 Å². The Bertz CT molecular complexity index is 2020. The molecular weight excluding hydrogens is 737 g/mol. The second-order valence-electron chi connectivity index (χ2n) is 14.5. The number of hydrogen-bond acceptors (Lipinski definition) is 7. The molecule has 0 radical (unpaired) electrons. The van der Waals surface area contributed by atoms with Crippen molar-refractivity contribution in [3.63, 3.8) is 0 Å². The van der Waals surface area contributed by atoms with Crippen LogP contribution in [0.1, 0.15) is 105 Å². The number of benzene rings is 3. The number of carbonyl (C=O) groups is 2. The topological polar surface area (TPSA) is 144 Å². The Hall–Kier alpha value is -4.91. The van der Waals surface area contributed by atoms with Crippen LogP contribution in [0.3, 0.4) is 0 Å². The molecule has 1 aliphatic rings. The van der Waals surface area contributed by atoms with Crippen molar-refractivity contribution in [1.29, 1.82) is 5.26 Å². The molecule has 3 aromatic carbocycles. The molecule has 1 fully saturated rings. The lowest BCUT2D eigenvalue weighted by Gasteiger charge is -2.39. The third kappa shape index (κ3) is 10.4. The van der Waals surface area contributed by atoms with Gasteiger partial charge in [-0.3, -0.25) is 4.79 Å². The zero-order chi connectivity index (χ0) is 40.0. The third-order valence-electron chi connectivity index (χ3n) is 9.22. The maximum absolute atomic E-state index is 15.7. The molecule has 0 bridgehead atoms.